The second kappa shape index (κ2) is 11.5. The molecule has 0 radical (unpaired) electrons. The number of aliphatic imine (C=N–C) groups is 1. The number of carbonyl (C=O) groups is 1. The highest BCUT2D eigenvalue weighted by atomic mass is 16.5. The van der Waals surface area contributed by atoms with Crippen LogP contribution in [0, 0.1) is 0 Å². The summed E-state index contributed by atoms with van der Waals surface area (Å²) >= 11 is 0. The van der Waals surface area contributed by atoms with Crippen LogP contribution in [-0.2, 0) is 4.74 Å². The van der Waals surface area contributed by atoms with E-state index in [2.05, 4.69) is 4.99 Å². The molecule has 0 unspecified atom stereocenters. The number of Topliss-reactive ketones (excluding diaryl/α,β-unsaturated/α-hetero) is 1. The van der Waals surface area contributed by atoms with E-state index in [-0.39, 0.29) is 11.5 Å². The van der Waals surface area contributed by atoms with Gasteiger partial charge in [0.15, 0.2) is 17.2 Å². The molecule has 0 spiro atoms. The number of carbonyl (C=O) groups excluding carboxylic acids is 1. The van der Waals surface area contributed by atoms with E-state index in [1.807, 2.05) is 55.5 Å². The third-order valence-corrected chi connectivity index (χ3v) is 4.77. The predicted molar refractivity (Wildman–Crippen MR) is 130 cm³/mol. The lowest BCUT2D eigenvalue weighted by atomic mass is 10.0. The molecule has 0 saturated carbocycles. The fraction of sp³-hybridized carbons (Fsp3) is 0.185. The van der Waals surface area contributed by atoms with Gasteiger partial charge in [-0.3, -0.25) is 4.79 Å². The fourth-order valence-electron chi connectivity index (χ4n) is 3.25. The lowest BCUT2D eigenvalue weighted by Crippen LogP contribution is -2.19. The Morgan fingerprint density at radius 3 is 1.94 bits per heavy atom. The molecule has 6 heteroatoms. The quantitative estimate of drug-likeness (QED) is 0.226. The number of hydrogen-bond acceptors (Lipinski definition) is 6. The SMILES string of the molecule is CCO/C(=C\c1cc(OC)c(OC)c(OC)c1)C(=Nc1ccccc1)C(=O)c1ccccc1. The van der Waals surface area contributed by atoms with Gasteiger partial charge in [-0.15, -0.1) is 0 Å². The summed E-state index contributed by atoms with van der Waals surface area (Å²) in [7, 11) is 4.65. The molecule has 0 aliphatic carbocycles. The zero-order valence-electron chi connectivity index (χ0n) is 19.2. The Balaban J connectivity index is 2.18. The number of nitrogens with zero attached hydrogens (tertiary/aromatic N) is 1. The van der Waals surface area contributed by atoms with E-state index in [1.54, 1.807) is 51.7 Å². The van der Waals surface area contributed by atoms with Gasteiger partial charge in [0.05, 0.1) is 33.6 Å². The molecular formula is C27H27NO5. The van der Waals surface area contributed by atoms with Crippen LogP contribution in [0.15, 0.2) is 83.5 Å². The second-order valence-electron chi connectivity index (χ2n) is 6.89. The third kappa shape index (κ3) is 5.80. The summed E-state index contributed by atoms with van der Waals surface area (Å²) in [5.74, 6) is 1.56. The van der Waals surface area contributed by atoms with Crippen molar-refractivity contribution in [2.24, 2.45) is 4.99 Å². The zero-order valence-corrected chi connectivity index (χ0v) is 19.2. The van der Waals surface area contributed by atoms with Crippen LogP contribution in [0.1, 0.15) is 22.8 Å². The maximum atomic E-state index is 13.5. The number of hydrogen-bond donors (Lipinski definition) is 0. The van der Waals surface area contributed by atoms with Crippen LogP contribution in [0.3, 0.4) is 0 Å². The summed E-state index contributed by atoms with van der Waals surface area (Å²) in [4.78, 5) is 18.1. The zero-order chi connectivity index (χ0) is 23.6. The van der Waals surface area contributed by atoms with Crippen LogP contribution < -0.4 is 14.2 Å². The molecule has 0 bridgehead atoms. The highest BCUT2D eigenvalue weighted by molar-refractivity contribution is 6.51. The molecule has 0 aliphatic rings. The molecule has 170 valence electrons. The summed E-state index contributed by atoms with van der Waals surface area (Å²) < 4.78 is 22.3. The highest BCUT2D eigenvalue weighted by Crippen LogP contribution is 2.39. The molecule has 0 heterocycles. The Kier molecular flexibility index (Phi) is 8.24. The van der Waals surface area contributed by atoms with Crippen molar-refractivity contribution in [3.05, 3.63) is 89.7 Å². The molecule has 0 N–H and O–H groups in total. The summed E-state index contributed by atoms with van der Waals surface area (Å²) in [6, 6.07) is 21.9. The Morgan fingerprint density at radius 2 is 1.42 bits per heavy atom. The largest absolute Gasteiger partial charge is 0.493 e. The van der Waals surface area contributed by atoms with Crippen LogP contribution in [-0.4, -0.2) is 39.4 Å². The summed E-state index contributed by atoms with van der Waals surface area (Å²) in [5.41, 5.74) is 2.06. The Bertz CT molecular complexity index is 1110. The number of ketones is 1. The van der Waals surface area contributed by atoms with Crippen molar-refractivity contribution in [2.75, 3.05) is 27.9 Å². The first-order chi connectivity index (χ1) is 16.1. The molecule has 0 aliphatic heterocycles. The normalized spacial score (nSPS) is 11.6. The van der Waals surface area contributed by atoms with Gasteiger partial charge >= 0.3 is 0 Å². The molecule has 0 fully saturated rings. The number of para-hydroxylation sites is 1. The van der Waals surface area contributed by atoms with Gasteiger partial charge < -0.3 is 18.9 Å². The summed E-state index contributed by atoms with van der Waals surface area (Å²) in [5, 5.41) is 0. The first-order valence-corrected chi connectivity index (χ1v) is 10.5. The van der Waals surface area contributed by atoms with E-state index < -0.39 is 0 Å². The van der Waals surface area contributed by atoms with Gasteiger partial charge in [-0.25, -0.2) is 4.99 Å². The van der Waals surface area contributed by atoms with Gasteiger partial charge in [-0.05, 0) is 42.8 Å². The monoisotopic (exact) mass is 445 g/mol. The topological polar surface area (TPSA) is 66.3 Å². The van der Waals surface area contributed by atoms with Crippen molar-refractivity contribution in [3.63, 3.8) is 0 Å². The van der Waals surface area contributed by atoms with Gasteiger partial charge in [-0.1, -0.05) is 48.5 Å². The number of ether oxygens (including phenoxy) is 4. The lowest BCUT2D eigenvalue weighted by Gasteiger charge is -2.15. The molecule has 6 nitrogen and oxygen atoms in total. The molecule has 3 aromatic carbocycles. The van der Waals surface area contributed by atoms with Crippen molar-refractivity contribution in [2.45, 2.75) is 6.92 Å². The minimum absolute atomic E-state index is 0.197. The van der Waals surface area contributed by atoms with Crippen LogP contribution in [0.25, 0.3) is 6.08 Å². The van der Waals surface area contributed by atoms with E-state index >= 15 is 0 Å². The van der Waals surface area contributed by atoms with Crippen molar-refractivity contribution in [1.82, 2.24) is 0 Å². The van der Waals surface area contributed by atoms with E-state index in [0.29, 0.717) is 46.4 Å². The van der Waals surface area contributed by atoms with Crippen molar-refractivity contribution >= 4 is 23.3 Å². The van der Waals surface area contributed by atoms with Gasteiger partial charge in [0.1, 0.15) is 5.76 Å². The van der Waals surface area contributed by atoms with Gasteiger partial charge in [0.25, 0.3) is 0 Å². The van der Waals surface area contributed by atoms with Gasteiger partial charge in [0, 0.05) is 5.56 Å². The van der Waals surface area contributed by atoms with E-state index in [1.165, 1.54) is 0 Å². The molecular weight excluding hydrogens is 418 g/mol. The van der Waals surface area contributed by atoms with E-state index in [0.717, 1.165) is 0 Å². The molecule has 3 aromatic rings. The Hall–Kier alpha value is -4.06. The fourth-order valence-corrected chi connectivity index (χ4v) is 3.25. The Labute approximate surface area is 194 Å². The van der Waals surface area contributed by atoms with Crippen molar-refractivity contribution < 1.29 is 23.7 Å². The second-order valence-corrected chi connectivity index (χ2v) is 6.89. The maximum Gasteiger partial charge on any atom is 0.215 e. The first kappa shape index (κ1) is 23.6. The minimum Gasteiger partial charge on any atom is -0.493 e. The van der Waals surface area contributed by atoms with Crippen LogP contribution >= 0.6 is 0 Å². The molecule has 0 saturated heterocycles. The first-order valence-electron chi connectivity index (χ1n) is 10.5. The standard InChI is InChI=1S/C27H27NO5/c1-5-33-22(16-19-17-23(30-2)27(32-4)24(18-19)31-3)25(28-21-14-10-7-11-15-21)26(29)20-12-8-6-9-13-20/h6-18H,5H2,1-4H3/b22-16-,28-25?. The molecule has 33 heavy (non-hydrogen) atoms. The molecule has 3 rings (SSSR count). The molecule has 0 atom stereocenters. The lowest BCUT2D eigenvalue weighted by molar-refractivity contribution is 0.106. The van der Waals surface area contributed by atoms with Crippen molar-refractivity contribution in [1.29, 1.82) is 0 Å². The number of methoxy groups -OCH3 is 3. The van der Waals surface area contributed by atoms with Crippen LogP contribution in [0.5, 0.6) is 17.2 Å². The van der Waals surface area contributed by atoms with Crippen LogP contribution in [0.4, 0.5) is 5.69 Å². The Morgan fingerprint density at radius 1 is 0.848 bits per heavy atom. The summed E-state index contributed by atoms with van der Waals surface area (Å²) in [6.07, 6.45) is 1.75. The summed E-state index contributed by atoms with van der Waals surface area (Å²) in [6.45, 7) is 2.21. The number of rotatable bonds is 10. The molecule has 0 amide bonds. The average Bonchev–Trinajstić information content (AvgIpc) is 2.87. The van der Waals surface area contributed by atoms with Gasteiger partial charge in [0.2, 0.25) is 11.5 Å². The number of allylic oxidation sites excluding steroid dienone is 1. The maximum absolute atomic E-state index is 13.5. The minimum atomic E-state index is -0.244. The van der Waals surface area contributed by atoms with Crippen LogP contribution in [0.2, 0.25) is 0 Å². The smallest absolute Gasteiger partial charge is 0.215 e. The highest BCUT2D eigenvalue weighted by Gasteiger charge is 2.21. The van der Waals surface area contributed by atoms with Gasteiger partial charge in [-0.2, -0.15) is 0 Å². The van der Waals surface area contributed by atoms with E-state index in [9.17, 15) is 4.79 Å². The number of benzene rings is 3. The van der Waals surface area contributed by atoms with E-state index in [4.69, 9.17) is 18.9 Å². The third-order valence-electron chi connectivity index (χ3n) is 4.77. The molecule has 0 aromatic heterocycles. The predicted octanol–water partition coefficient (Wildman–Crippen LogP) is 5.75. The van der Waals surface area contributed by atoms with Crippen molar-refractivity contribution in [3.8, 4) is 17.2 Å². The average molecular weight is 446 g/mol.